The number of nitrogens with zero attached hydrogens (tertiary/aromatic N) is 1. The minimum absolute atomic E-state index is 0.0475. The molecule has 0 aliphatic rings. The second-order valence-corrected chi connectivity index (χ2v) is 6.34. The smallest absolute Gasteiger partial charge is 0.246 e. The lowest BCUT2D eigenvalue weighted by molar-refractivity contribution is -0.121. The molecule has 0 aromatic heterocycles. The van der Waals surface area contributed by atoms with Gasteiger partial charge in [0, 0.05) is 0 Å². The summed E-state index contributed by atoms with van der Waals surface area (Å²) >= 11 is 0. The van der Waals surface area contributed by atoms with Gasteiger partial charge in [0.2, 0.25) is 5.91 Å². The van der Waals surface area contributed by atoms with E-state index in [2.05, 4.69) is 17.1 Å². The Morgan fingerprint density at radius 2 is 1.92 bits per heavy atom. The van der Waals surface area contributed by atoms with Crippen LogP contribution >= 0.6 is 0 Å². The summed E-state index contributed by atoms with van der Waals surface area (Å²) in [6, 6.07) is 15.4. The number of rotatable bonds is 8. The van der Waals surface area contributed by atoms with Crippen molar-refractivity contribution in [3.05, 3.63) is 59.7 Å². The first-order valence-electron chi connectivity index (χ1n) is 8.77. The Morgan fingerprint density at radius 1 is 1.20 bits per heavy atom. The highest BCUT2D eigenvalue weighted by Crippen LogP contribution is 2.28. The number of unbranched alkanes of at least 4 members (excludes halogenated alkanes) is 1. The number of ether oxygens (including phenoxy) is 1. The molecule has 0 fully saturated rings. The van der Waals surface area contributed by atoms with E-state index in [0.29, 0.717) is 11.4 Å². The predicted molar refractivity (Wildman–Crippen MR) is 103 cm³/mol. The molecular formula is C21H28N2O2. The van der Waals surface area contributed by atoms with Gasteiger partial charge in [-0.3, -0.25) is 9.69 Å². The maximum atomic E-state index is 13.1. The molecule has 1 N–H and O–H groups in total. The SMILES string of the molecule is CCCCN(C)C(C(=O)Nc1cc(C)ccc1OC)c1ccccc1. The van der Waals surface area contributed by atoms with Crippen molar-refractivity contribution >= 4 is 11.6 Å². The van der Waals surface area contributed by atoms with Gasteiger partial charge in [0.1, 0.15) is 11.8 Å². The Kier molecular flexibility index (Phi) is 7.02. The van der Waals surface area contributed by atoms with Crippen LogP contribution in [0.15, 0.2) is 48.5 Å². The van der Waals surface area contributed by atoms with Crippen molar-refractivity contribution in [3.8, 4) is 5.75 Å². The molecule has 2 aromatic rings. The number of nitrogens with one attached hydrogen (secondary N) is 1. The molecule has 134 valence electrons. The highest BCUT2D eigenvalue weighted by molar-refractivity contribution is 5.96. The van der Waals surface area contributed by atoms with Crippen LogP contribution in [-0.4, -0.2) is 31.5 Å². The molecule has 4 nitrogen and oxygen atoms in total. The van der Waals surface area contributed by atoms with Crippen LogP contribution in [0.25, 0.3) is 0 Å². The molecule has 0 aliphatic carbocycles. The number of likely N-dealkylation sites (N-methyl/N-ethyl adjacent to an activating group) is 1. The summed E-state index contributed by atoms with van der Waals surface area (Å²) in [5.41, 5.74) is 2.77. The minimum Gasteiger partial charge on any atom is -0.495 e. The molecule has 0 saturated heterocycles. The van der Waals surface area contributed by atoms with Crippen LogP contribution in [0.2, 0.25) is 0 Å². The average Bonchev–Trinajstić information content (AvgIpc) is 2.61. The number of benzene rings is 2. The fraction of sp³-hybridized carbons (Fsp3) is 0.381. The molecule has 0 aliphatic heterocycles. The fourth-order valence-electron chi connectivity index (χ4n) is 2.90. The second-order valence-electron chi connectivity index (χ2n) is 6.34. The summed E-state index contributed by atoms with van der Waals surface area (Å²) in [7, 11) is 3.61. The molecule has 0 saturated carbocycles. The lowest BCUT2D eigenvalue weighted by Gasteiger charge is -2.27. The maximum Gasteiger partial charge on any atom is 0.246 e. The third-order valence-corrected chi connectivity index (χ3v) is 4.28. The summed E-state index contributed by atoms with van der Waals surface area (Å²) in [6.07, 6.45) is 2.15. The number of carbonyl (C=O) groups is 1. The molecule has 1 unspecified atom stereocenters. The maximum absolute atomic E-state index is 13.1. The third kappa shape index (κ3) is 5.07. The van der Waals surface area contributed by atoms with E-state index in [-0.39, 0.29) is 11.9 Å². The van der Waals surface area contributed by atoms with Gasteiger partial charge < -0.3 is 10.1 Å². The van der Waals surface area contributed by atoms with Crippen molar-refractivity contribution in [2.75, 3.05) is 26.0 Å². The quantitative estimate of drug-likeness (QED) is 0.773. The molecular weight excluding hydrogens is 312 g/mol. The van der Waals surface area contributed by atoms with E-state index in [1.54, 1.807) is 7.11 Å². The number of hydrogen-bond acceptors (Lipinski definition) is 3. The van der Waals surface area contributed by atoms with E-state index in [1.165, 1.54) is 0 Å². The van der Waals surface area contributed by atoms with E-state index < -0.39 is 0 Å². The van der Waals surface area contributed by atoms with E-state index in [1.807, 2.05) is 62.5 Å². The largest absolute Gasteiger partial charge is 0.495 e. The lowest BCUT2D eigenvalue weighted by atomic mass is 10.0. The zero-order chi connectivity index (χ0) is 18.2. The fourth-order valence-corrected chi connectivity index (χ4v) is 2.90. The highest BCUT2D eigenvalue weighted by atomic mass is 16.5. The van der Waals surface area contributed by atoms with Crippen LogP contribution < -0.4 is 10.1 Å². The molecule has 1 atom stereocenters. The predicted octanol–water partition coefficient (Wildman–Crippen LogP) is 4.42. The van der Waals surface area contributed by atoms with E-state index in [4.69, 9.17) is 4.74 Å². The van der Waals surface area contributed by atoms with Gasteiger partial charge in [-0.2, -0.15) is 0 Å². The van der Waals surface area contributed by atoms with E-state index in [0.717, 1.165) is 30.5 Å². The average molecular weight is 340 g/mol. The molecule has 0 radical (unpaired) electrons. The van der Waals surface area contributed by atoms with Gasteiger partial charge >= 0.3 is 0 Å². The normalized spacial score (nSPS) is 12.0. The zero-order valence-electron chi connectivity index (χ0n) is 15.6. The number of anilines is 1. The van der Waals surface area contributed by atoms with Crippen LogP contribution in [-0.2, 0) is 4.79 Å². The molecule has 25 heavy (non-hydrogen) atoms. The zero-order valence-corrected chi connectivity index (χ0v) is 15.6. The Hall–Kier alpha value is -2.33. The number of hydrogen-bond donors (Lipinski definition) is 1. The molecule has 0 spiro atoms. The van der Waals surface area contributed by atoms with E-state index >= 15 is 0 Å². The van der Waals surface area contributed by atoms with Crippen LogP contribution in [0.4, 0.5) is 5.69 Å². The van der Waals surface area contributed by atoms with Crippen molar-refractivity contribution in [2.45, 2.75) is 32.7 Å². The first kappa shape index (κ1) is 19.0. The Bertz CT molecular complexity index is 686. The third-order valence-electron chi connectivity index (χ3n) is 4.28. The van der Waals surface area contributed by atoms with Crippen molar-refractivity contribution in [1.82, 2.24) is 4.90 Å². The Labute approximate surface area is 150 Å². The number of amides is 1. The molecule has 2 aromatic carbocycles. The van der Waals surface area contributed by atoms with Gasteiger partial charge in [-0.25, -0.2) is 0 Å². The van der Waals surface area contributed by atoms with Gasteiger partial charge in [-0.15, -0.1) is 0 Å². The monoisotopic (exact) mass is 340 g/mol. The van der Waals surface area contributed by atoms with Gasteiger partial charge in [0.15, 0.2) is 0 Å². The van der Waals surface area contributed by atoms with Crippen molar-refractivity contribution in [1.29, 1.82) is 0 Å². The number of methoxy groups -OCH3 is 1. The van der Waals surface area contributed by atoms with Crippen LogP contribution in [0, 0.1) is 6.92 Å². The number of aryl methyl sites for hydroxylation is 1. The first-order chi connectivity index (χ1) is 12.1. The first-order valence-corrected chi connectivity index (χ1v) is 8.77. The lowest BCUT2D eigenvalue weighted by Crippen LogP contribution is -2.35. The summed E-state index contributed by atoms with van der Waals surface area (Å²) in [6.45, 7) is 5.02. The van der Waals surface area contributed by atoms with Crippen molar-refractivity contribution < 1.29 is 9.53 Å². The van der Waals surface area contributed by atoms with Crippen molar-refractivity contribution in [3.63, 3.8) is 0 Å². The summed E-state index contributed by atoms with van der Waals surface area (Å²) in [4.78, 5) is 15.2. The Balaban J connectivity index is 2.28. The molecule has 0 bridgehead atoms. The highest BCUT2D eigenvalue weighted by Gasteiger charge is 2.25. The molecule has 4 heteroatoms. The van der Waals surface area contributed by atoms with Crippen molar-refractivity contribution in [2.24, 2.45) is 0 Å². The summed E-state index contributed by atoms with van der Waals surface area (Å²) in [5, 5.41) is 3.05. The summed E-state index contributed by atoms with van der Waals surface area (Å²) in [5.74, 6) is 0.621. The van der Waals surface area contributed by atoms with E-state index in [9.17, 15) is 4.79 Å². The number of carbonyl (C=O) groups excluding carboxylic acids is 1. The molecule has 0 heterocycles. The van der Waals surface area contributed by atoms with Crippen LogP contribution in [0.3, 0.4) is 0 Å². The topological polar surface area (TPSA) is 41.6 Å². The van der Waals surface area contributed by atoms with Gasteiger partial charge in [0.05, 0.1) is 12.8 Å². The second kappa shape index (κ2) is 9.23. The van der Waals surface area contributed by atoms with Gasteiger partial charge in [-0.1, -0.05) is 49.7 Å². The van der Waals surface area contributed by atoms with Crippen LogP contribution in [0.1, 0.15) is 36.9 Å². The minimum atomic E-state index is -0.335. The molecule has 2 rings (SSSR count). The van der Waals surface area contributed by atoms with Gasteiger partial charge in [-0.05, 0) is 50.2 Å². The molecule has 1 amide bonds. The standard InChI is InChI=1S/C21H28N2O2/c1-5-6-14-23(3)20(17-10-8-7-9-11-17)21(24)22-18-15-16(2)12-13-19(18)25-4/h7-13,15,20H,5-6,14H2,1-4H3,(H,22,24). The summed E-state index contributed by atoms with van der Waals surface area (Å²) < 4.78 is 5.38. The van der Waals surface area contributed by atoms with Gasteiger partial charge in [0.25, 0.3) is 0 Å². The van der Waals surface area contributed by atoms with Crippen LogP contribution in [0.5, 0.6) is 5.75 Å². The Morgan fingerprint density at radius 3 is 2.56 bits per heavy atom.